The van der Waals surface area contributed by atoms with Gasteiger partial charge in [-0.3, -0.25) is 10.2 Å². The van der Waals surface area contributed by atoms with Gasteiger partial charge in [0.05, 0.1) is 30.4 Å². The molecule has 47 heavy (non-hydrogen) atoms. The molecule has 2 aliphatic heterocycles. The summed E-state index contributed by atoms with van der Waals surface area (Å²) in [6.07, 6.45) is -1.74. The van der Waals surface area contributed by atoms with Gasteiger partial charge in [0.25, 0.3) is 0 Å². The van der Waals surface area contributed by atoms with Crippen LogP contribution >= 0.6 is 0 Å². The molecule has 0 aromatic heterocycles. The number of carbonyl (C=O) groups is 4. The smallest absolute Gasteiger partial charge is 0.437 e. The topological polar surface area (TPSA) is 136 Å². The molecule has 4 rings (SSSR count). The van der Waals surface area contributed by atoms with Crippen molar-refractivity contribution < 1.29 is 38.1 Å². The average molecular weight is 651 g/mol. The van der Waals surface area contributed by atoms with Crippen LogP contribution in [0.15, 0.2) is 53.5 Å². The van der Waals surface area contributed by atoms with Crippen LogP contribution in [0.3, 0.4) is 0 Å². The molecule has 0 bridgehead atoms. The van der Waals surface area contributed by atoms with Crippen LogP contribution in [-0.2, 0) is 18.9 Å². The molecular formula is C35H46N4O8. The summed E-state index contributed by atoms with van der Waals surface area (Å²) in [6, 6.07) is 13.5. The highest BCUT2D eigenvalue weighted by atomic mass is 16.6. The van der Waals surface area contributed by atoms with Crippen LogP contribution in [-0.4, -0.2) is 65.6 Å². The number of ether oxygens (including phenoxy) is 4. The standard InChI is InChI=1S/C35H46N4O8/c1-33(2,3)45-30(41)36-29(37-31(42)46-34(4,5)6)38-19-18-23-26(21-14-12-11-13-15-21)39(32(43)47-35(7,8)9)25-17-16-22(28(40)44-10)20-24(25)27(23)38/h11-17,20,23,26-27H,18-19H2,1-10H3,(H,36,37,41,42)/t23-,26-,27-/m0/s1. The molecule has 2 aromatic carbocycles. The largest absolute Gasteiger partial charge is 0.465 e. The summed E-state index contributed by atoms with van der Waals surface area (Å²) in [4.78, 5) is 60.6. The highest BCUT2D eigenvalue weighted by molar-refractivity contribution is 6.00. The summed E-state index contributed by atoms with van der Waals surface area (Å²) in [5.74, 6) is -0.931. The number of aliphatic imine (C=N–C) groups is 1. The molecule has 12 heteroatoms. The summed E-state index contributed by atoms with van der Waals surface area (Å²) in [5.41, 5.74) is -0.223. The lowest BCUT2D eigenvalue weighted by molar-refractivity contribution is 0.0539. The SMILES string of the molecule is COC(=O)c1ccc2c(c1)[C@@H]1[C@@H](CCN1/C(=N\C(=O)OC(C)(C)C)NC(=O)OC(C)(C)C)[C@H](c1ccccc1)N2C(=O)OC(C)(C)C. The van der Waals surface area contributed by atoms with Crippen LogP contribution in [0.2, 0.25) is 0 Å². The van der Waals surface area contributed by atoms with E-state index in [1.807, 2.05) is 30.3 Å². The molecule has 2 heterocycles. The second-order valence-electron chi connectivity index (χ2n) is 14.6. The van der Waals surface area contributed by atoms with Crippen LogP contribution in [0.4, 0.5) is 20.1 Å². The zero-order valence-electron chi connectivity index (χ0n) is 28.9. The lowest BCUT2D eigenvalue weighted by atomic mass is 9.78. The van der Waals surface area contributed by atoms with E-state index in [9.17, 15) is 19.2 Å². The lowest BCUT2D eigenvalue weighted by Crippen LogP contribution is -2.50. The van der Waals surface area contributed by atoms with Gasteiger partial charge in [-0.1, -0.05) is 30.3 Å². The average Bonchev–Trinajstić information content (AvgIpc) is 3.38. The number of hydrogen-bond donors (Lipinski definition) is 1. The van der Waals surface area contributed by atoms with Gasteiger partial charge < -0.3 is 23.8 Å². The number of nitrogens with one attached hydrogen (secondary N) is 1. The van der Waals surface area contributed by atoms with E-state index in [0.717, 1.165) is 5.56 Å². The Hall–Kier alpha value is -4.61. The number of amides is 3. The fourth-order valence-corrected chi connectivity index (χ4v) is 5.88. The number of hydrogen-bond acceptors (Lipinski definition) is 8. The number of carbonyl (C=O) groups excluding carboxylic acids is 4. The Morgan fingerprint density at radius 1 is 0.809 bits per heavy atom. The van der Waals surface area contributed by atoms with Crippen LogP contribution < -0.4 is 10.2 Å². The molecule has 0 unspecified atom stereocenters. The molecule has 2 aliphatic rings. The molecular weight excluding hydrogens is 604 g/mol. The molecule has 2 aromatic rings. The maximum atomic E-state index is 14.0. The summed E-state index contributed by atoms with van der Waals surface area (Å²) in [6.45, 7) is 16.1. The van der Waals surface area contributed by atoms with Crippen molar-refractivity contribution in [3.05, 3.63) is 65.2 Å². The molecule has 3 atom stereocenters. The normalized spacial score (nSPS) is 19.7. The minimum atomic E-state index is -0.902. The Bertz CT molecular complexity index is 1540. The van der Waals surface area contributed by atoms with Crippen molar-refractivity contribution in [1.82, 2.24) is 10.2 Å². The van der Waals surface area contributed by atoms with Gasteiger partial charge in [0, 0.05) is 12.5 Å². The summed E-state index contributed by atoms with van der Waals surface area (Å²) >= 11 is 0. The van der Waals surface area contributed by atoms with E-state index in [0.29, 0.717) is 24.2 Å². The third-order valence-corrected chi connectivity index (χ3v) is 7.36. The van der Waals surface area contributed by atoms with Gasteiger partial charge in [0.15, 0.2) is 0 Å². The van der Waals surface area contributed by atoms with E-state index < -0.39 is 53.1 Å². The first-order chi connectivity index (χ1) is 21.8. The Morgan fingerprint density at radius 2 is 1.43 bits per heavy atom. The van der Waals surface area contributed by atoms with Gasteiger partial charge in [0.2, 0.25) is 5.96 Å². The number of guanidine groups is 1. The molecule has 0 spiro atoms. The zero-order valence-corrected chi connectivity index (χ0v) is 28.9. The second-order valence-corrected chi connectivity index (χ2v) is 14.6. The van der Waals surface area contributed by atoms with Crippen molar-refractivity contribution in [2.24, 2.45) is 10.9 Å². The van der Waals surface area contributed by atoms with Crippen molar-refractivity contribution in [3.8, 4) is 0 Å². The van der Waals surface area contributed by atoms with Gasteiger partial charge in [0.1, 0.15) is 16.8 Å². The van der Waals surface area contributed by atoms with E-state index in [4.69, 9.17) is 18.9 Å². The predicted molar refractivity (Wildman–Crippen MR) is 176 cm³/mol. The summed E-state index contributed by atoms with van der Waals surface area (Å²) < 4.78 is 22.0. The highest BCUT2D eigenvalue weighted by Crippen LogP contribution is 2.55. The Kier molecular flexibility index (Phi) is 9.94. The number of alkyl carbamates (subject to hydrolysis) is 1. The van der Waals surface area contributed by atoms with E-state index in [1.54, 1.807) is 90.3 Å². The third-order valence-electron chi connectivity index (χ3n) is 7.36. The first kappa shape index (κ1) is 35.2. The van der Waals surface area contributed by atoms with Crippen molar-refractivity contribution >= 4 is 35.9 Å². The molecule has 1 fully saturated rings. The maximum absolute atomic E-state index is 14.0. The number of esters is 1. The number of methoxy groups -OCH3 is 1. The predicted octanol–water partition coefficient (Wildman–Crippen LogP) is 7.15. The monoisotopic (exact) mass is 650 g/mol. The molecule has 1 N–H and O–H groups in total. The quantitative estimate of drug-likeness (QED) is 0.156. The molecule has 0 aliphatic carbocycles. The molecule has 1 saturated heterocycles. The maximum Gasteiger partial charge on any atom is 0.437 e. The molecule has 254 valence electrons. The molecule has 3 amide bonds. The lowest BCUT2D eigenvalue weighted by Gasteiger charge is -2.46. The molecule has 0 radical (unpaired) electrons. The van der Waals surface area contributed by atoms with Crippen LogP contribution in [0.5, 0.6) is 0 Å². The van der Waals surface area contributed by atoms with E-state index >= 15 is 0 Å². The fourth-order valence-electron chi connectivity index (χ4n) is 5.88. The minimum Gasteiger partial charge on any atom is -0.465 e. The first-order valence-corrected chi connectivity index (χ1v) is 15.7. The number of fused-ring (bicyclic) bond motifs is 3. The Balaban J connectivity index is 1.94. The van der Waals surface area contributed by atoms with Crippen molar-refractivity contribution in [1.29, 1.82) is 0 Å². The van der Waals surface area contributed by atoms with Crippen LogP contribution in [0.1, 0.15) is 102 Å². The minimum absolute atomic E-state index is 0.0760. The Labute approximate surface area is 276 Å². The number of benzene rings is 2. The zero-order chi connectivity index (χ0) is 34.9. The molecule has 0 saturated carbocycles. The van der Waals surface area contributed by atoms with Gasteiger partial charge >= 0.3 is 24.2 Å². The van der Waals surface area contributed by atoms with E-state index in [-0.39, 0.29) is 17.4 Å². The number of likely N-dealkylation sites (tertiary alicyclic amines) is 1. The van der Waals surface area contributed by atoms with E-state index in [1.165, 1.54) is 7.11 Å². The van der Waals surface area contributed by atoms with Crippen molar-refractivity contribution in [2.45, 2.75) is 97.6 Å². The van der Waals surface area contributed by atoms with Crippen LogP contribution in [0.25, 0.3) is 0 Å². The second kappa shape index (κ2) is 13.2. The van der Waals surface area contributed by atoms with Gasteiger partial charge in [-0.05, 0) is 98.1 Å². The van der Waals surface area contributed by atoms with E-state index in [2.05, 4.69) is 10.3 Å². The summed E-state index contributed by atoms with van der Waals surface area (Å²) in [5, 5.41) is 2.68. The molecule has 12 nitrogen and oxygen atoms in total. The summed E-state index contributed by atoms with van der Waals surface area (Å²) in [7, 11) is 1.29. The fraction of sp³-hybridized carbons (Fsp3) is 0.514. The number of anilines is 1. The van der Waals surface area contributed by atoms with Crippen LogP contribution in [0, 0.1) is 5.92 Å². The number of nitrogens with zero attached hydrogens (tertiary/aromatic N) is 3. The third kappa shape index (κ3) is 8.60. The highest BCUT2D eigenvalue weighted by Gasteiger charge is 2.51. The van der Waals surface area contributed by atoms with Gasteiger partial charge in [-0.15, -0.1) is 4.99 Å². The van der Waals surface area contributed by atoms with Crippen molar-refractivity contribution in [3.63, 3.8) is 0 Å². The Morgan fingerprint density at radius 3 is 2.00 bits per heavy atom. The number of rotatable bonds is 2. The van der Waals surface area contributed by atoms with Gasteiger partial charge in [-0.2, -0.15) is 0 Å². The van der Waals surface area contributed by atoms with Crippen molar-refractivity contribution in [2.75, 3.05) is 18.6 Å². The first-order valence-electron chi connectivity index (χ1n) is 15.7. The van der Waals surface area contributed by atoms with Gasteiger partial charge in [-0.25, -0.2) is 19.2 Å².